The van der Waals surface area contributed by atoms with Gasteiger partial charge in [0.1, 0.15) is 0 Å². The zero-order chi connectivity index (χ0) is 17.1. The van der Waals surface area contributed by atoms with Gasteiger partial charge in [-0.1, -0.05) is 5.16 Å². The summed E-state index contributed by atoms with van der Waals surface area (Å²) in [5, 5.41) is 6.43. The van der Waals surface area contributed by atoms with E-state index in [0.717, 1.165) is 51.3 Å². The monoisotopic (exact) mass is 342 g/mol. The summed E-state index contributed by atoms with van der Waals surface area (Å²) in [5.74, 6) is 0.621. The number of ether oxygens (including phenoxy) is 1. The first-order valence-corrected chi connectivity index (χ1v) is 8.73. The summed E-state index contributed by atoms with van der Waals surface area (Å²) in [6.45, 7) is 5.28. The van der Waals surface area contributed by atoms with Crippen molar-refractivity contribution in [1.82, 2.24) is 20.4 Å². The quantitative estimate of drug-likeness (QED) is 0.884. The molecule has 1 amide bonds. The van der Waals surface area contributed by atoms with Crippen LogP contribution in [0.3, 0.4) is 0 Å². The van der Waals surface area contributed by atoms with Crippen LogP contribution >= 0.6 is 0 Å². The first-order chi connectivity index (χ1) is 12.3. The summed E-state index contributed by atoms with van der Waals surface area (Å²) in [4.78, 5) is 18.9. The number of fused-ring (bicyclic) bond motifs is 1. The lowest BCUT2D eigenvalue weighted by Gasteiger charge is -2.31. The fourth-order valence-corrected chi connectivity index (χ4v) is 3.62. The molecule has 0 bridgehead atoms. The number of pyridine rings is 1. The van der Waals surface area contributed by atoms with E-state index < -0.39 is 0 Å². The highest BCUT2D eigenvalue weighted by molar-refractivity contribution is 5.91. The normalized spacial score (nSPS) is 20.4. The third-order valence-electron chi connectivity index (χ3n) is 4.95. The first kappa shape index (κ1) is 16.2. The van der Waals surface area contributed by atoms with Crippen LogP contribution in [0.15, 0.2) is 29.2 Å². The average Bonchev–Trinajstić information content (AvgIpc) is 3.33. The Hall–Kier alpha value is -2.25. The van der Waals surface area contributed by atoms with Crippen molar-refractivity contribution in [2.24, 2.45) is 5.92 Å². The maximum atomic E-state index is 12.0. The molecule has 0 spiro atoms. The van der Waals surface area contributed by atoms with Crippen LogP contribution in [0.1, 0.15) is 33.7 Å². The van der Waals surface area contributed by atoms with E-state index in [2.05, 4.69) is 20.4 Å². The zero-order valence-corrected chi connectivity index (χ0v) is 14.1. The highest BCUT2D eigenvalue weighted by atomic mass is 16.5. The minimum atomic E-state index is -0.256. The second-order valence-electron chi connectivity index (χ2n) is 6.71. The zero-order valence-electron chi connectivity index (χ0n) is 14.1. The maximum Gasteiger partial charge on any atom is 0.290 e. The van der Waals surface area contributed by atoms with Crippen LogP contribution in [0.2, 0.25) is 0 Å². The Morgan fingerprint density at radius 2 is 2.36 bits per heavy atom. The molecule has 1 N–H and O–H groups in total. The largest absolute Gasteiger partial charge is 0.381 e. The highest BCUT2D eigenvalue weighted by Crippen LogP contribution is 2.24. The number of hydrogen-bond acceptors (Lipinski definition) is 6. The van der Waals surface area contributed by atoms with Crippen molar-refractivity contribution in [3.8, 4) is 0 Å². The Kier molecular flexibility index (Phi) is 4.76. The number of nitrogens with zero attached hydrogens (tertiary/aromatic N) is 3. The number of rotatable bonds is 5. The maximum absolute atomic E-state index is 12.0. The van der Waals surface area contributed by atoms with Crippen LogP contribution in [0, 0.1) is 5.92 Å². The third-order valence-corrected chi connectivity index (χ3v) is 4.95. The van der Waals surface area contributed by atoms with Crippen LogP contribution in [0.25, 0.3) is 0 Å². The predicted octanol–water partition coefficient (Wildman–Crippen LogP) is 1.39. The predicted molar refractivity (Wildman–Crippen MR) is 89.8 cm³/mol. The summed E-state index contributed by atoms with van der Waals surface area (Å²) >= 11 is 0. The molecule has 7 heteroatoms. The minimum absolute atomic E-state index is 0.225. The van der Waals surface area contributed by atoms with Gasteiger partial charge in [-0.05, 0) is 35.4 Å². The molecule has 2 aromatic rings. The molecule has 2 aromatic heterocycles. The molecule has 1 fully saturated rings. The molecule has 25 heavy (non-hydrogen) atoms. The Balaban J connectivity index is 1.39. The van der Waals surface area contributed by atoms with Gasteiger partial charge in [0, 0.05) is 51.2 Å². The second-order valence-corrected chi connectivity index (χ2v) is 6.71. The summed E-state index contributed by atoms with van der Waals surface area (Å²) in [6.07, 6.45) is 7.41. The van der Waals surface area contributed by atoms with Gasteiger partial charge in [-0.2, -0.15) is 0 Å². The van der Waals surface area contributed by atoms with Crippen molar-refractivity contribution in [3.63, 3.8) is 0 Å². The van der Waals surface area contributed by atoms with Gasteiger partial charge in [0.05, 0.1) is 12.8 Å². The minimum Gasteiger partial charge on any atom is -0.381 e. The molecule has 0 aliphatic carbocycles. The lowest BCUT2D eigenvalue weighted by atomic mass is 9.96. The van der Waals surface area contributed by atoms with Crippen molar-refractivity contribution in [2.45, 2.75) is 25.9 Å². The van der Waals surface area contributed by atoms with E-state index in [1.165, 1.54) is 17.3 Å². The topological polar surface area (TPSA) is 80.5 Å². The number of aromatic nitrogens is 2. The van der Waals surface area contributed by atoms with Gasteiger partial charge in [-0.3, -0.25) is 14.7 Å². The summed E-state index contributed by atoms with van der Waals surface area (Å²) in [6, 6.07) is 1.55. The number of hydrogen-bond donors (Lipinski definition) is 1. The van der Waals surface area contributed by atoms with Crippen LogP contribution < -0.4 is 5.32 Å². The van der Waals surface area contributed by atoms with E-state index in [0.29, 0.717) is 12.5 Å². The van der Waals surface area contributed by atoms with E-state index in [9.17, 15) is 4.79 Å². The van der Waals surface area contributed by atoms with Crippen molar-refractivity contribution in [3.05, 3.63) is 47.1 Å². The van der Waals surface area contributed by atoms with Gasteiger partial charge < -0.3 is 14.6 Å². The molecule has 4 heterocycles. The van der Waals surface area contributed by atoms with Gasteiger partial charge in [0.15, 0.2) is 0 Å². The summed E-state index contributed by atoms with van der Waals surface area (Å²) < 4.78 is 10.4. The number of carbonyl (C=O) groups is 1. The van der Waals surface area contributed by atoms with E-state index in [1.54, 1.807) is 6.07 Å². The van der Waals surface area contributed by atoms with Crippen molar-refractivity contribution < 1.29 is 14.1 Å². The number of carbonyl (C=O) groups excluding carboxylic acids is 1. The Bertz CT molecular complexity index is 726. The summed E-state index contributed by atoms with van der Waals surface area (Å²) in [7, 11) is 0. The fourth-order valence-electron chi connectivity index (χ4n) is 3.62. The Labute approximate surface area is 146 Å². The molecule has 0 unspecified atom stereocenters. The lowest BCUT2D eigenvalue weighted by Crippen LogP contribution is -2.35. The van der Waals surface area contributed by atoms with E-state index >= 15 is 0 Å². The summed E-state index contributed by atoms with van der Waals surface area (Å²) in [5.41, 5.74) is 3.65. The SMILES string of the molecule is O=C(NCc1cncc2c1CCN(C[C@H]1CCOC1)C2)c1ccno1. The molecule has 1 atom stereocenters. The fraction of sp³-hybridized carbons (Fsp3) is 0.500. The Morgan fingerprint density at radius 3 is 3.16 bits per heavy atom. The molecule has 0 saturated carbocycles. The first-order valence-electron chi connectivity index (χ1n) is 8.73. The molecule has 4 rings (SSSR count). The van der Waals surface area contributed by atoms with E-state index in [1.807, 2.05) is 12.4 Å². The van der Waals surface area contributed by atoms with Crippen LogP contribution in [0.4, 0.5) is 0 Å². The van der Waals surface area contributed by atoms with Crippen molar-refractivity contribution in [1.29, 1.82) is 0 Å². The van der Waals surface area contributed by atoms with Crippen LogP contribution in [-0.2, 0) is 24.2 Å². The molecule has 7 nitrogen and oxygen atoms in total. The Morgan fingerprint density at radius 1 is 1.40 bits per heavy atom. The highest BCUT2D eigenvalue weighted by Gasteiger charge is 2.24. The van der Waals surface area contributed by atoms with Gasteiger partial charge >= 0.3 is 0 Å². The van der Waals surface area contributed by atoms with Gasteiger partial charge in [0.25, 0.3) is 5.91 Å². The molecule has 0 radical (unpaired) electrons. The molecule has 2 aliphatic heterocycles. The van der Waals surface area contributed by atoms with Crippen molar-refractivity contribution >= 4 is 5.91 Å². The van der Waals surface area contributed by atoms with E-state index in [-0.39, 0.29) is 11.7 Å². The molecule has 0 aromatic carbocycles. The number of amides is 1. The molecular formula is C18H22N4O3. The third kappa shape index (κ3) is 3.72. The van der Waals surface area contributed by atoms with Crippen LogP contribution in [0.5, 0.6) is 0 Å². The van der Waals surface area contributed by atoms with Gasteiger partial charge in [-0.25, -0.2) is 0 Å². The average molecular weight is 342 g/mol. The smallest absolute Gasteiger partial charge is 0.290 e. The van der Waals surface area contributed by atoms with Gasteiger partial charge in [-0.15, -0.1) is 0 Å². The standard InChI is InChI=1S/C18H22N4O3/c23-18(17-1-4-21-25-17)20-9-14-7-19-8-15-11-22(5-2-16(14)15)10-13-3-6-24-12-13/h1,4,7-8,13H,2-3,5-6,9-12H2,(H,20,23)/t13-/m1/s1. The molecule has 132 valence electrons. The van der Waals surface area contributed by atoms with Crippen molar-refractivity contribution in [2.75, 3.05) is 26.3 Å². The molecular weight excluding hydrogens is 320 g/mol. The molecule has 2 aliphatic rings. The second kappa shape index (κ2) is 7.33. The lowest BCUT2D eigenvalue weighted by molar-refractivity contribution is 0.0913. The number of nitrogens with one attached hydrogen (secondary N) is 1. The van der Waals surface area contributed by atoms with E-state index in [4.69, 9.17) is 9.26 Å². The van der Waals surface area contributed by atoms with Crippen LogP contribution in [-0.4, -0.2) is 47.3 Å². The molecule has 1 saturated heterocycles. The van der Waals surface area contributed by atoms with Gasteiger partial charge in [0.2, 0.25) is 5.76 Å².